The molecule has 4 aromatic rings. The molecule has 0 aliphatic heterocycles. The molecule has 4 aromatic carbocycles. The van der Waals surface area contributed by atoms with Crippen molar-refractivity contribution in [3.8, 4) is 5.75 Å². The summed E-state index contributed by atoms with van der Waals surface area (Å²) in [5, 5.41) is 2.78. The number of rotatable bonds is 8. The third-order valence-electron chi connectivity index (χ3n) is 5.25. The quantitative estimate of drug-likeness (QED) is 0.375. The molecule has 0 saturated heterocycles. The Bertz CT molecular complexity index is 1370. The van der Waals surface area contributed by atoms with E-state index in [-0.39, 0.29) is 17.0 Å². The van der Waals surface area contributed by atoms with Crippen LogP contribution in [0.3, 0.4) is 0 Å². The fraction of sp³-hybridized carbons (Fsp3) is 0.0741. The van der Waals surface area contributed by atoms with Crippen LogP contribution >= 0.6 is 0 Å². The largest absolute Gasteiger partial charge is 0.495 e. The predicted octanol–water partition coefficient (Wildman–Crippen LogP) is 5.34. The number of benzene rings is 4. The number of sulfonamides is 1. The van der Waals surface area contributed by atoms with Crippen LogP contribution in [0.15, 0.2) is 114 Å². The van der Waals surface area contributed by atoms with Crippen LogP contribution < -0.4 is 14.4 Å². The molecule has 6 nitrogen and oxygen atoms in total. The van der Waals surface area contributed by atoms with Crippen LogP contribution in [0.4, 0.5) is 11.4 Å². The summed E-state index contributed by atoms with van der Waals surface area (Å²) in [6, 6.07) is 31.3. The lowest BCUT2D eigenvalue weighted by molar-refractivity contribution is 0.102. The Labute approximate surface area is 199 Å². The molecule has 0 saturated carbocycles. The molecule has 172 valence electrons. The SMILES string of the molecule is COc1ccccc1NC(=O)c1cccc(S(=O)(=O)N(Cc2ccccc2)c2ccccc2)c1. The van der Waals surface area contributed by atoms with Crippen molar-refractivity contribution in [3.05, 3.63) is 120 Å². The lowest BCUT2D eigenvalue weighted by Crippen LogP contribution is -2.30. The first-order valence-electron chi connectivity index (χ1n) is 10.7. The number of nitrogens with zero attached hydrogens (tertiary/aromatic N) is 1. The maximum absolute atomic E-state index is 13.7. The van der Waals surface area contributed by atoms with E-state index in [1.165, 1.54) is 23.5 Å². The van der Waals surface area contributed by atoms with E-state index >= 15 is 0 Å². The van der Waals surface area contributed by atoms with Crippen molar-refractivity contribution in [1.82, 2.24) is 0 Å². The van der Waals surface area contributed by atoms with Crippen molar-refractivity contribution >= 4 is 27.3 Å². The fourth-order valence-electron chi connectivity index (χ4n) is 3.53. The van der Waals surface area contributed by atoms with Crippen molar-refractivity contribution in [2.24, 2.45) is 0 Å². The lowest BCUT2D eigenvalue weighted by Gasteiger charge is -2.25. The Morgan fingerprint density at radius 2 is 1.47 bits per heavy atom. The molecule has 0 heterocycles. The molecule has 0 bridgehead atoms. The summed E-state index contributed by atoms with van der Waals surface area (Å²) in [6.45, 7) is 0.158. The average molecular weight is 473 g/mol. The van der Waals surface area contributed by atoms with Crippen molar-refractivity contribution in [1.29, 1.82) is 0 Å². The van der Waals surface area contributed by atoms with E-state index in [0.717, 1.165) is 5.56 Å². The first-order valence-corrected chi connectivity index (χ1v) is 12.1. The summed E-state index contributed by atoms with van der Waals surface area (Å²) in [7, 11) is -2.45. The van der Waals surface area contributed by atoms with Crippen molar-refractivity contribution in [3.63, 3.8) is 0 Å². The summed E-state index contributed by atoms with van der Waals surface area (Å²) in [4.78, 5) is 12.9. The summed E-state index contributed by atoms with van der Waals surface area (Å²) in [5.74, 6) is 0.0774. The number of carbonyl (C=O) groups excluding carboxylic acids is 1. The second kappa shape index (κ2) is 10.2. The predicted molar refractivity (Wildman–Crippen MR) is 134 cm³/mol. The summed E-state index contributed by atoms with van der Waals surface area (Å²) >= 11 is 0. The van der Waals surface area contributed by atoms with Gasteiger partial charge in [-0.05, 0) is 48.0 Å². The second-order valence-corrected chi connectivity index (χ2v) is 9.38. The molecule has 0 aromatic heterocycles. The van der Waals surface area contributed by atoms with Crippen molar-refractivity contribution in [2.75, 3.05) is 16.7 Å². The van der Waals surface area contributed by atoms with Gasteiger partial charge in [-0.25, -0.2) is 8.42 Å². The Hall–Kier alpha value is -4.10. The second-order valence-electron chi connectivity index (χ2n) is 7.52. The summed E-state index contributed by atoms with van der Waals surface area (Å²) in [6.07, 6.45) is 0. The van der Waals surface area contributed by atoms with Gasteiger partial charge in [-0.15, -0.1) is 0 Å². The van der Waals surface area contributed by atoms with Gasteiger partial charge in [-0.2, -0.15) is 0 Å². The molecule has 0 aliphatic rings. The molecule has 0 spiro atoms. The molecule has 0 aliphatic carbocycles. The topological polar surface area (TPSA) is 75.7 Å². The molecular formula is C27H24N2O4S. The minimum absolute atomic E-state index is 0.0277. The number of amides is 1. The fourth-order valence-corrected chi connectivity index (χ4v) is 5.03. The standard InChI is InChI=1S/C27H24N2O4S/c1-33-26-18-9-8-17-25(26)28-27(30)22-13-10-16-24(19-22)34(31,32)29(23-14-6-3-7-15-23)20-21-11-4-2-5-12-21/h2-19H,20H2,1H3,(H,28,30). The number of para-hydroxylation sites is 3. The van der Waals surface area contributed by atoms with E-state index in [9.17, 15) is 13.2 Å². The molecule has 4 rings (SSSR count). The summed E-state index contributed by atoms with van der Waals surface area (Å²) < 4.78 is 34.1. The zero-order valence-electron chi connectivity index (χ0n) is 18.6. The van der Waals surface area contributed by atoms with Gasteiger partial charge in [0.05, 0.1) is 29.9 Å². The van der Waals surface area contributed by atoms with Gasteiger partial charge in [0.2, 0.25) is 0 Å². The molecule has 1 amide bonds. The Morgan fingerprint density at radius 3 is 2.18 bits per heavy atom. The summed E-state index contributed by atoms with van der Waals surface area (Å²) in [5.41, 5.74) is 2.10. The van der Waals surface area contributed by atoms with Gasteiger partial charge in [0.15, 0.2) is 0 Å². The third kappa shape index (κ3) is 5.10. The minimum atomic E-state index is -3.97. The van der Waals surface area contributed by atoms with Gasteiger partial charge < -0.3 is 10.1 Å². The van der Waals surface area contributed by atoms with Crippen LogP contribution in [0, 0.1) is 0 Å². The molecule has 34 heavy (non-hydrogen) atoms. The van der Waals surface area contributed by atoms with Crippen LogP contribution in [0.25, 0.3) is 0 Å². The highest BCUT2D eigenvalue weighted by atomic mass is 32.2. The van der Waals surface area contributed by atoms with Gasteiger partial charge >= 0.3 is 0 Å². The van der Waals surface area contributed by atoms with E-state index in [1.54, 1.807) is 60.7 Å². The van der Waals surface area contributed by atoms with Crippen LogP contribution in [0.1, 0.15) is 15.9 Å². The average Bonchev–Trinajstić information content (AvgIpc) is 2.88. The minimum Gasteiger partial charge on any atom is -0.495 e. The van der Waals surface area contributed by atoms with Gasteiger partial charge in [0.1, 0.15) is 5.75 Å². The van der Waals surface area contributed by atoms with Crippen molar-refractivity contribution < 1.29 is 17.9 Å². The molecule has 7 heteroatoms. The molecular weight excluding hydrogens is 448 g/mol. The molecule has 0 atom stereocenters. The number of hydrogen-bond acceptors (Lipinski definition) is 4. The zero-order chi connectivity index (χ0) is 24.0. The highest BCUT2D eigenvalue weighted by Gasteiger charge is 2.26. The van der Waals surface area contributed by atoms with Gasteiger partial charge in [0.25, 0.3) is 15.9 Å². The first kappa shape index (κ1) is 23.1. The normalized spacial score (nSPS) is 11.0. The maximum atomic E-state index is 13.7. The van der Waals surface area contributed by atoms with E-state index < -0.39 is 15.9 Å². The number of carbonyl (C=O) groups is 1. The van der Waals surface area contributed by atoms with E-state index in [4.69, 9.17) is 4.74 Å². The monoisotopic (exact) mass is 472 g/mol. The van der Waals surface area contributed by atoms with Gasteiger partial charge in [-0.3, -0.25) is 9.10 Å². The lowest BCUT2D eigenvalue weighted by atomic mass is 10.2. The van der Waals surface area contributed by atoms with Crippen molar-refractivity contribution in [2.45, 2.75) is 11.4 Å². The smallest absolute Gasteiger partial charge is 0.264 e. The van der Waals surface area contributed by atoms with E-state index in [2.05, 4.69) is 5.32 Å². The molecule has 0 fully saturated rings. The Morgan fingerprint density at radius 1 is 0.824 bits per heavy atom. The van der Waals surface area contributed by atoms with Crippen LogP contribution in [0.2, 0.25) is 0 Å². The molecule has 1 N–H and O–H groups in total. The Kier molecular flexibility index (Phi) is 6.94. The molecule has 0 radical (unpaired) electrons. The number of hydrogen-bond donors (Lipinski definition) is 1. The Balaban J connectivity index is 1.67. The van der Waals surface area contributed by atoms with Crippen LogP contribution in [-0.2, 0) is 16.6 Å². The van der Waals surface area contributed by atoms with E-state index in [0.29, 0.717) is 17.1 Å². The highest BCUT2D eigenvalue weighted by Crippen LogP contribution is 2.27. The maximum Gasteiger partial charge on any atom is 0.264 e. The zero-order valence-corrected chi connectivity index (χ0v) is 19.4. The number of methoxy groups -OCH3 is 1. The van der Waals surface area contributed by atoms with Gasteiger partial charge in [-0.1, -0.05) is 66.7 Å². The molecule has 0 unspecified atom stereocenters. The van der Waals surface area contributed by atoms with Crippen LogP contribution in [0.5, 0.6) is 5.75 Å². The highest BCUT2D eigenvalue weighted by molar-refractivity contribution is 7.92. The third-order valence-corrected chi connectivity index (χ3v) is 7.02. The van der Waals surface area contributed by atoms with Crippen LogP contribution in [-0.4, -0.2) is 21.4 Å². The first-order chi connectivity index (χ1) is 16.5. The van der Waals surface area contributed by atoms with E-state index in [1.807, 2.05) is 36.4 Å². The number of anilines is 2. The number of ether oxygens (including phenoxy) is 1. The number of nitrogens with one attached hydrogen (secondary N) is 1. The van der Waals surface area contributed by atoms with Gasteiger partial charge in [0, 0.05) is 5.56 Å².